The number of thiazole rings is 1. The van der Waals surface area contributed by atoms with E-state index in [1.54, 1.807) is 6.20 Å². The van der Waals surface area contributed by atoms with E-state index in [0.29, 0.717) is 4.88 Å². The van der Waals surface area contributed by atoms with Crippen molar-refractivity contribution in [2.75, 3.05) is 12.4 Å². The van der Waals surface area contributed by atoms with Crippen LogP contribution in [0.1, 0.15) is 34.6 Å². The minimum atomic E-state index is 0.108. The van der Waals surface area contributed by atoms with Crippen molar-refractivity contribution in [3.63, 3.8) is 0 Å². The fourth-order valence-corrected chi connectivity index (χ4v) is 4.36. The highest BCUT2D eigenvalue weighted by Gasteiger charge is 2.40. The first kappa shape index (κ1) is 14.4. The van der Waals surface area contributed by atoms with Crippen LogP contribution in [0, 0.1) is 0 Å². The molecule has 1 fully saturated rings. The van der Waals surface area contributed by atoms with Crippen molar-refractivity contribution in [1.82, 2.24) is 19.7 Å². The Morgan fingerprint density at radius 2 is 2.30 bits per heavy atom. The van der Waals surface area contributed by atoms with Crippen LogP contribution in [0.5, 0.6) is 0 Å². The number of anilines is 1. The number of hydrogen-bond donors (Lipinski definition) is 1. The Morgan fingerprint density at radius 1 is 1.43 bits per heavy atom. The maximum Gasteiger partial charge on any atom is 0.266 e. The number of nitrogens with one attached hydrogen (secondary N) is 1. The summed E-state index contributed by atoms with van der Waals surface area (Å²) in [6, 6.07) is 2.51. The fourth-order valence-electron chi connectivity index (χ4n) is 3.64. The molecule has 0 radical (unpaired) electrons. The first-order valence-electron chi connectivity index (χ1n) is 7.82. The van der Waals surface area contributed by atoms with Gasteiger partial charge in [0.15, 0.2) is 5.13 Å². The molecular weight excluding hydrogens is 310 g/mol. The Bertz CT molecular complexity index is 777. The van der Waals surface area contributed by atoms with Gasteiger partial charge in [-0.25, -0.2) is 4.98 Å². The number of rotatable bonds is 3. The van der Waals surface area contributed by atoms with Crippen molar-refractivity contribution in [2.24, 2.45) is 7.05 Å². The van der Waals surface area contributed by atoms with Gasteiger partial charge >= 0.3 is 0 Å². The molecule has 1 N–H and O–H groups in total. The number of carbonyl (C=O) groups excluding carboxylic acids is 1. The molecule has 2 aliphatic heterocycles. The highest BCUT2D eigenvalue weighted by atomic mass is 32.1. The van der Waals surface area contributed by atoms with Crippen molar-refractivity contribution in [3.05, 3.63) is 35.1 Å². The van der Waals surface area contributed by atoms with Crippen LogP contribution in [0.3, 0.4) is 0 Å². The molecular formula is C16H19N5OS. The molecule has 23 heavy (non-hydrogen) atoms. The summed E-state index contributed by atoms with van der Waals surface area (Å²) in [6.45, 7) is 0. The topological polar surface area (TPSA) is 63.1 Å². The Labute approximate surface area is 138 Å². The monoisotopic (exact) mass is 329 g/mol. The highest BCUT2D eigenvalue weighted by molar-refractivity contribution is 7.17. The Kier molecular flexibility index (Phi) is 3.45. The number of fused-ring (bicyclic) bond motifs is 2. The summed E-state index contributed by atoms with van der Waals surface area (Å²) in [6.07, 6.45) is 8.75. The van der Waals surface area contributed by atoms with E-state index in [-0.39, 0.29) is 18.0 Å². The second-order valence-corrected chi connectivity index (χ2v) is 7.06. The molecule has 2 aromatic heterocycles. The van der Waals surface area contributed by atoms with Crippen molar-refractivity contribution < 1.29 is 4.79 Å². The second-order valence-electron chi connectivity index (χ2n) is 6.03. The summed E-state index contributed by atoms with van der Waals surface area (Å²) in [5.41, 5.74) is 2.46. The van der Waals surface area contributed by atoms with E-state index < -0.39 is 0 Å². The summed E-state index contributed by atoms with van der Waals surface area (Å²) in [7, 11) is 3.78. The van der Waals surface area contributed by atoms with Gasteiger partial charge in [0.1, 0.15) is 4.88 Å². The SMILES string of the molecule is CNc1ncc(C(=O)N2C3C=C(c4ccnn4C)CC2CC3)s1. The highest BCUT2D eigenvalue weighted by Crippen LogP contribution is 2.39. The number of hydrogen-bond acceptors (Lipinski definition) is 5. The number of aromatic nitrogens is 3. The second kappa shape index (κ2) is 5.49. The average molecular weight is 329 g/mol. The van der Waals surface area contributed by atoms with Gasteiger partial charge in [0.25, 0.3) is 5.91 Å². The number of nitrogens with zero attached hydrogens (tertiary/aromatic N) is 4. The predicted molar refractivity (Wildman–Crippen MR) is 90.4 cm³/mol. The number of aryl methyl sites for hydroxylation is 1. The molecule has 2 atom stereocenters. The van der Waals surface area contributed by atoms with Crippen LogP contribution in [0.2, 0.25) is 0 Å². The first-order valence-corrected chi connectivity index (χ1v) is 8.64. The smallest absolute Gasteiger partial charge is 0.266 e. The van der Waals surface area contributed by atoms with Gasteiger partial charge in [-0.3, -0.25) is 9.48 Å². The third kappa shape index (κ3) is 2.35. The molecule has 2 aliphatic rings. The van der Waals surface area contributed by atoms with Crippen LogP contribution < -0.4 is 5.32 Å². The average Bonchev–Trinajstić information content (AvgIpc) is 3.25. The quantitative estimate of drug-likeness (QED) is 0.939. The van der Waals surface area contributed by atoms with Crippen LogP contribution in [0.25, 0.3) is 5.57 Å². The molecule has 2 unspecified atom stereocenters. The summed E-state index contributed by atoms with van der Waals surface area (Å²) >= 11 is 1.42. The zero-order chi connectivity index (χ0) is 16.0. The summed E-state index contributed by atoms with van der Waals surface area (Å²) in [5, 5.41) is 8.03. The third-order valence-corrected chi connectivity index (χ3v) is 5.71. The van der Waals surface area contributed by atoms with Crippen LogP contribution >= 0.6 is 11.3 Å². The molecule has 120 valence electrons. The van der Waals surface area contributed by atoms with Crippen LogP contribution in [0.15, 0.2) is 24.5 Å². The van der Waals surface area contributed by atoms with Gasteiger partial charge in [-0.2, -0.15) is 5.10 Å². The molecule has 1 amide bonds. The summed E-state index contributed by atoms with van der Waals surface area (Å²) in [4.78, 5) is 19.9. The van der Waals surface area contributed by atoms with Gasteiger partial charge in [-0.15, -0.1) is 0 Å². The van der Waals surface area contributed by atoms with E-state index in [1.165, 1.54) is 16.9 Å². The Balaban J connectivity index is 1.61. The Hall–Kier alpha value is -2.15. The molecule has 7 heteroatoms. The lowest BCUT2D eigenvalue weighted by molar-refractivity contribution is 0.0697. The molecule has 1 saturated heterocycles. The van der Waals surface area contributed by atoms with Gasteiger partial charge in [0, 0.05) is 26.3 Å². The molecule has 2 bridgehead atoms. The molecule has 0 aliphatic carbocycles. The minimum absolute atomic E-state index is 0.108. The molecule has 0 saturated carbocycles. The maximum absolute atomic E-state index is 12.9. The van der Waals surface area contributed by atoms with E-state index in [1.807, 2.05) is 35.9 Å². The van der Waals surface area contributed by atoms with Gasteiger partial charge < -0.3 is 10.2 Å². The van der Waals surface area contributed by atoms with Crippen molar-refractivity contribution in [3.8, 4) is 0 Å². The lowest BCUT2D eigenvalue weighted by Crippen LogP contribution is -2.42. The lowest BCUT2D eigenvalue weighted by atomic mass is 9.98. The number of carbonyl (C=O) groups is 1. The molecule has 4 heterocycles. The molecule has 2 aromatic rings. The van der Waals surface area contributed by atoms with E-state index in [2.05, 4.69) is 21.5 Å². The standard InChI is InChI=1S/C16H19N5OS/c1-17-16-18-9-14(23-16)15(22)21-11-3-4-12(21)8-10(7-11)13-5-6-19-20(13)2/h5-7,9,11-12H,3-4,8H2,1-2H3,(H,17,18). The fraction of sp³-hybridized carbons (Fsp3) is 0.438. The van der Waals surface area contributed by atoms with Gasteiger partial charge in [0.2, 0.25) is 0 Å². The van der Waals surface area contributed by atoms with Gasteiger partial charge in [-0.1, -0.05) is 17.4 Å². The Morgan fingerprint density at radius 3 is 2.96 bits per heavy atom. The minimum Gasteiger partial charge on any atom is -0.365 e. The van der Waals surface area contributed by atoms with Gasteiger partial charge in [0.05, 0.1) is 17.9 Å². The van der Waals surface area contributed by atoms with Crippen molar-refractivity contribution in [1.29, 1.82) is 0 Å². The summed E-state index contributed by atoms with van der Waals surface area (Å²) < 4.78 is 1.91. The third-order valence-electron chi connectivity index (χ3n) is 4.71. The largest absolute Gasteiger partial charge is 0.365 e. The molecule has 0 spiro atoms. The van der Waals surface area contributed by atoms with E-state index in [0.717, 1.165) is 30.1 Å². The summed E-state index contributed by atoms with van der Waals surface area (Å²) in [5.74, 6) is 0.108. The van der Waals surface area contributed by atoms with Gasteiger partial charge in [-0.05, 0) is 30.9 Å². The van der Waals surface area contributed by atoms with Crippen LogP contribution in [0.4, 0.5) is 5.13 Å². The lowest BCUT2D eigenvalue weighted by Gasteiger charge is -2.33. The van der Waals surface area contributed by atoms with Crippen LogP contribution in [-0.2, 0) is 7.05 Å². The molecule has 6 nitrogen and oxygen atoms in total. The zero-order valence-corrected chi connectivity index (χ0v) is 14.0. The normalized spacial score (nSPS) is 23.0. The van der Waals surface area contributed by atoms with E-state index in [4.69, 9.17) is 0 Å². The van der Waals surface area contributed by atoms with Crippen molar-refractivity contribution in [2.45, 2.75) is 31.3 Å². The van der Waals surface area contributed by atoms with E-state index >= 15 is 0 Å². The number of amides is 1. The molecule has 4 rings (SSSR count). The zero-order valence-electron chi connectivity index (χ0n) is 13.2. The van der Waals surface area contributed by atoms with Crippen LogP contribution in [-0.4, -0.2) is 44.7 Å². The van der Waals surface area contributed by atoms with E-state index in [9.17, 15) is 4.79 Å². The first-order chi connectivity index (χ1) is 11.2. The molecule has 0 aromatic carbocycles. The predicted octanol–water partition coefficient (Wildman–Crippen LogP) is 2.38. The maximum atomic E-state index is 12.9. The van der Waals surface area contributed by atoms with Crippen molar-refractivity contribution >= 4 is 27.9 Å².